The Hall–Kier alpha value is -3.03. The van der Waals surface area contributed by atoms with Crippen molar-refractivity contribution in [3.63, 3.8) is 0 Å². The van der Waals surface area contributed by atoms with E-state index < -0.39 is 0 Å². The van der Waals surface area contributed by atoms with E-state index in [4.69, 9.17) is 16.3 Å². The highest BCUT2D eigenvalue weighted by Gasteiger charge is 2.15. The Morgan fingerprint density at radius 3 is 2.66 bits per heavy atom. The highest BCUT2D eigenvalue weighted by molar-refractivity contribution is 7.99. The molecule has 0 spiro atoms. The van der Waals surface area contributed by atoms with Crippen LogP contribution >= 0.6 is 23.4 Å². The predicted octanol–water partition coefficient (Wildman–Crippen LogP) is 5.72. The zero-order valence-corrected chi connectivity index (χ0v) is 19.4. The Balaban J connectivity index is 1.39. The maximum Gasteiger partial charge on any atom is 0.234 e. The van der Waals surface area contributed by atoms with E-state index in [0.717, 1.165) is 17.1 Å². The van der Waals surface area contributed by atoms with Gasteiger partial charge >= 0.3 is 0 Å². The summed E-state index contributed by atoms with van der Waals surface area (Å²) in [6, 6.07) is 19.3. The topological polar surface area (TPSA) is 69.0 Å². The summed E-state index contributed by atoms with van der Waals surface area (Å²) in [5, 5.41) is 15.1. The molecule has 3 aromatic carbocycles. The number of hydrogen-bond donors (Lipinski definition) is 1. The van der Waals surface area contributed by atoms with Gasteiger partial charge in [-0.3, -0.25) is 4.79 Å². The number of benzene rings is 3. The van der Waals surface area contributed by atoms with Crippen LogP contribution in [0.3, 0.4) is 0 Å². The quantitative estimate of drug-likeness (QED) is 0.336. The van der Waals surface area contributed by atoms with Crippen molar-refractivity contribution < 1.29 is 9.53 Å². The molecular weight excluding hydrogens is 444 g/mol. The van der Waals surface area contributed by atoms with Crippen molar-refractivity contribution in [2.75, 3.05) is 11.1 Å². The van der Waals surface area contributed by atoms with E-state index in [9.17, 15) is 4.79 Å². The van der Waals surface area contributed by atoms with Crippen LogP contribution < -0.4 is 10.1 Å². The average Bonchev–Trinajstić information content (AvgIpc) is 3.21. The number of aromatic nitrogens is 3. The summed E-state index contributed by atoms with van der Waals surface area (Å²) in [5.41, 5.74) is 1.80. The maximum atomic E-state index is 12.3. The molecule has 0 aliphatic carbocycles. The lowest BCUT2D eigenvalue weighted by atomic mass is 10.0. The number of carbonyl (C=O) groups is 1. The zero-order valence-electron chi connectivity index (χ0n) is 17.8. The van der Waals surface area contributed by atoms with Crippen LogP contribution in [0.4, 0.5) is 5.69 Å². The SMILES string of the molecule is CCn1c(COc2ccc3ccccc3c2C)nnc1SCC(=O)Nc1ccc(Cl)cc1. The van der Waals surface area contributed by atoms with Gasteiger partial charge in [0.25, 0.3) is 0 Å². The molecule has 1 N–H and O–H groups in total. The first-order chi connectivity index (χ1) is 15.5. The van der Waals surface area contributed by atoms with Gasteiger partial charge in [-0.05, 0) is 60.5 Å². The van der Waals surface area contributed by atoms with Crippen LogP contribution in [0.1, 0.15) is 18.3 Å². The minimum absolute atomic E-state index is 0.118. The monoisotopic (exact) mass is 466 g/mol. The molecule has 6 nitrogen and oxygen atoms in total. The van der Waals surface area contributed by atoms with Gasteiger partial charge in [0.2, 0.25) is 5.91 Å². The fourth-order valence-corrected chi connectivity index (χ4v) is 4.36. The van der Waals surface area contributed by atoms with Gasteiger partial charge in [-0.15, -0.1) is 10.2 Å². The summed E-state index contributed by atoms with van der Waals surface area (Å²) in [5.74, 6) is 1.66. The van der Waals surface area contributed by atoms with Crippen molar-refractivity contribution >= 4 is 45.7 Å². The molecule has 0 saturated carbocycles. The summed E-state index contributed by atoms with van der Waals surface area (Å²) in [4.78, 5) is 12.3. The molecule has 0 bridgehead atoms. The second-order valence-corrected chi connectivity index (χ2v) is 8.56. The standard InChI is InChI=1S/C24H23ClN4O2S/c1-3-29-22(14-31-21-13-8-17-6-4-5-7-20(17)16(21)2)27-28-24(29)32-15-23(30)26-19-11-9-18(25)10-12-19/h4-13H,3,14-15H2,1-2H3,(H,26,30). The molecule has 1 heterocycles. The molecule has 1 aromatic heterocycles. The van der Waals surface area contributed by atoms with E-state index in [2.05, 4.69) is 40.6 Å². The first kappa shape index (κ1) is 22.2. The van der Waals surface area contributed by atoms with Crippen molar-refractivity contribution in [3.05, 3.63) is 77.1 Å². The Morgan fingerprint density at radius 1 is 1.09 bits per heavy atom. The fourth-order valence-electron chi connectivity index (χ4n) is 3.42. The molecule has 0 atom stereocenters. The van der Waals surface area contributed by atoms with Gasteiger partial charge in [-0.25, -0.2) is 0 Å². The molecule has 0 saturated heterocycles. The number of halogens is 1. The molecule has 0 aliphatic heterocycles. The third-order valence-corrected chi connectivity index (χ3v) is 6.29. The van der Waals surface area contributed by atoms with E-state index in [1.165, 1.54) is 22.5 Å². The smallest absolute Gasteiger partial charge is 0.234 e. The lowest BCUT2D eigenvalue weighted by molar-refractivity contribution is -0.113. The Kier molecular flexibility index (Phi) is 6.97. The zero-order chi connectivity index (χ0) is 22.5. The van der Waals surface area contributed by atoms with Crippen molar-refractivity contribution in [3.8, 4) is 5.75 Å². The molecule has 4 aromatic rings. The fraction of sp³-hybridized carbons (Fsp3) is 0.208. The highest BCUT2D eigenvalue weighted by Crippen LogP contribution is 2.28. The van der Waals surface area contributed by atoms with Crippen molar-refractivity contribution in [1.82, 2.24) is 14.8 Å². The van der Waals surface area contributed by atoms with Crippen molar-refractivity contribution in [2.24, 2.45) is 0 Å². The van der Waals surface area contributed by atoms with E-state index >= 15 is 0 Å². The van der Waals surface area contributed by atoms with E-state index in [-0.39, 0.29) is 11.7 Å². The maximum absolute atomic E-state index is 12.3. The number of carbonyl (C=O) groups excluding carboxylic acids is 1. The van der Waals surface area contributed by atoms with E-state index in [0.29, 0.717) is 29.0 Å². The van der Waals surface area contributed by atoms with E-state index in [1.807, 2.05) is 29.7 Å². The minimum Gasteiger partial charge on any atom is -0.485 e. The lowest BCUT2D eigenvalue weighted by Crippen LogP contribution is -2.14. The number of ether oxygens (including phenoxy) is 1. The summed E-state index contributed by atoms with van der Waals surface area (Å²) in [7, 11) is 0. The van der Waals surface area contributed by atoms with Crippen LogP contribution in [-0.4, -0.2) is 26.4 Å². The number of fused-ring (bicyclic) bond motifs is 1. The molecule has 1 amide bonds. The van der Waals surface area contributed by atoms with Gasteiger partial charge in [0.05, 0.1) is 5.75 Å². The molecule has 0 unspecified atom stereocenters. The first-order valence-corrected chi connectivity index (χ1v) is 11.6. The van der Waals surface area contributed by atoms with Gasteiger partial charge in [-0.1, -0.05) is 53.7 Å². The van der Waals surface area contributed by atoms with Gasteiger partial charge in [0, 0.05) is 17.3 Å². The third kappa shape index (κ3) is 5.06. The first-order valence-electron chi connectivity index (χ1n) is 10.3. The van der Waals surface area contributed by atoms with Crippen LogP contribution in [0.5, 0.6) is 5.75 Å². The largest absolute Gasteiger partial charge is 0.485 e. The number of nitrogens with zero attached hydrogens (tertiary/aromatic N) is 3. The van der Waals surface area contributed by atoms with Crippen LogP contribution in [0, 0.1) is 6.92 Å². The number of aryl methyl sites for hydroxylation is 1. The summed E-state index contributed by atoms with van der Waals surface area (Å²) < 4.78 is 8.05. The minimum atomic E-state index is -0.118. The molecule has 164 valence electrons. The van der Waals surface area contributed by atoms with Crippen molar-refractivity contribution in [2.45, 2.75) is 32.2 Å². The average molecular weight is 467 g/mol. The van der Waals surface area contributed by atoms with Gasteiger partial charge in [0.15, 0.2) is 11.0 Å². The molecule has 0 fully saturated rings. The third-order valence-electron chi connectivity index (χ3n) is 5.08. The molecule has 0 aliphatic rings. The summed E-state index contributed by atoms with van der Waals surface area (Å²) in [6.07, 6.45) is 0. The predicted molar refractivity (Wildman–Crippen MR) is 130 cm³/mol. The molecular formula is C24H23ClN4O2S. The normalized spacial score (nSPS) is 11.0. The van der Waals surface area contributed by atoms with E-state index in [1.54, 1.807) is 24.3 Å². The van der Waals surface area contributed by atoms with Crippen molar-refractivity contribution in [1.29, 1.82) is 0 Å². The Labute approximate surface area is 195 Å². The molecule has 4 rings (SSSR count). The van der Waals surface area contributed by atoms with Crippen LogP contribution in [-0.2, 0) is 17.9 Å². The van der Waals surface area contributed by atoms with Gasteiger partial charge in [0.1, 0.15) is 12.4 Å². The lowest BCUT2D eigenvalue weighted by Gasteiger charge is -2.12. The second kappa shape index (κ2) is 10.1. The summed E-state index contributed by atoms with van der Waals surface area (Å²) >= 11 is 7.22. The number of hydrogen-bond acceptors (Lipinski definition) is 5. The van der Waals surface area contributed by atoms with Crippen LogP contribution in [0.2, 0.25) is 5.02 Å². The van der Waals surface area contributed by atoms with Gasteiger partial charge in [-0.2, -0.15) is 0 Å². The van der Waals surface area contributed by atoms with Gasteiger partial charge < -0.3 is 14.6 Å². The number of anilines is 1. The Bertz CT molecular complexity index is 1240. The van der Waals surface area contributed by atoms with Crippen LogP contribution in [0.15, 0.2) is 65.8 Å². The van der Waals surface area contributed by atoms with Crippen LogP contribution in [0.25, 0.3) is 10.8 Å². The number of thioether (sulfide) groups is 1. The second-order valence-electron chi connectivity index (χ2n) is 7.19. The molecule has 32 heavy (non-hydrogen) atoms. The highest BCUT2D eigenvalue weighted by atomic mass is 35.5. The number of rotatable bonds is 8. The number of nitrogens with one attached hydrogen (secondary N) is 1. The Morgan fingerprint density at radius 2 is 1.88 bits per heavy atom. The molecule has 0 radical (unpaired) electrons. The molecule has 8 heteroatoms. The summed E-state index contributed by atoms with van der Waals surface area (Å²) in [6.45, 7) is 5.07. The number of amides is 1.